The second-order valence-electron chi connectivity index (χ2n) is 13.6. The molecular weight excluding hydrogens is 620 g/mol. The summed E-state index contributed by atoms with van der Waals surface area (Å²) in [6, 6.07) is 11.9. The molecule has 1 amide bonds. The van der Waals surface area contributed by atoms with Gasteiger partial charge in [0.05, 0.1) is 43.0 Å². The minimum atomic E-state index is -1.55. The molecule has 1 saturated carbocycles. The van der Waals surface area contributed by atoms with Crippen molar-refractivity contribution < 1.29 is 23.6 Å². The molecule has 2 bridgehead atoms. The van der Waals surface area contributed by atoms with E-state index >= 15 is 0 Å². The molecule has 3 aliphatic rings. The molecule has 0 radical (unpaired) electrons. The van der Waals surface area contributed by atoms with Gasteiger partial charge in [-0.1, -0.05) is 63.9 Å². The van der Waals surface area contributed by atoms with E-state index in [0.29, 0.717) is 37.2 Å². The highest BCUT2D eigenvalue weighted by atomic mass is 35.5. The van der Waals surface area contributed by atoms with Gasteiger partial charge in [-0.25, -0.2) is 0 Å². The first-order valence-electron chi connectivity index (χ1n) is 17.0. The average Bonchev–Trinajstić information content (AvgIpc) is 3.18. The SMILES string of the molecule is CCCc1cc(Cl)ccc1C1COc2ccc3cc2N(C1)CC1CCC1C(OCCOC)/C=C/C[C@H](C)C(C(C)C)[S+]([O-])NC3=O. The normalized spacial score (nSPS) is 29.3. The van der Waals surface area contributed by atoms with Crippen LogP contribution in [-0.4, -0.2) is 61.8 Å². The van der Waals surface area contributed by atoms with Gasteiger partial charge in [0.1, 0.15) is 11.0 Å². The Labute approximate surface area is 283 Å². The maximum absolute atomic E-state index is 13.6. The molecule has 9 heteroatoms. The number of aryl methyl sites for hydroxylation is 1. The fourth-order valence-corrected chi connectivity index (χ4v) is 9.14. The molecule has 0 aromatic heterocycles. The fourth-order valence-electron chi connectivity index (χ4n) is 7.48. The molecule has 7 atom stereocenters. The first-order valence-corrected chi connectivity index (χ1v) is 18.6. The summed E-state index contributed by atoms with van der Waals surface area (Å²) in [5.74, 6) is 1.61. The number of amides is 1. The summed E-state index contributed by atoms with van der Waals surface area (Å²) in [6.45, 7) is 11.7. The average molecular weight is 671 g/mol. The number of carbonyl (C=O) groups is 1. The number of hydrogen-bond acceptors (Lipinski definition) is 6. The Bertz CT molecular complexity index is 1360. The lowest BCUT2D eigenvalue weighted by Gasteiger charge is -2.44. The van der Waals surface area contributed by atoms with Crippen LogP contribution in [0.1, 0.15) is 80.8 Å². The lowest BCUT2D eigenvalue weighted by Crippen LogP contribution is -2.45. The highest BCUT2D eigenvalue weighted by Crippen LogP contribution is 2.43. The van der Waals surface area contributed by atoms with Gasteiger partial charge in [0.15, 0.2) is 0 Å². The summed E-state index contributed by atoms with van der Waals surface area (Å²) in [6.07, 6.45) is 9.36. The van der Waals surface area contributed by atoms with Crippen molar-refractivity contribution in [3.8, 4) is 5.75 Å². The Morgan fingerprint density at radius 2 is 1.98 bits per heavy atom. The quantitative estimate of drug-likeness (QED) is 0.180. The molecule has 1 N–H and O–H groups in total. The van der Waals surface area contributed by atoms with E-state index in [4.69, 9.17) is 25.8 Å². The summed E-state index contributed by atoms with van der Waals surface area (Å²) >= 11 is 4.90. The van der Waals surface area contributed by atoms with Gasteiger partial charge in [-0.2, -0.15) is 4.72 Å². The van der Waals surface area contributed by atoms with Crippen LogP contribution >= 0.6 is 11.6 Å². The van der Waals surface area contributed by atoms with Crippen molar-refractivity contribution >= 4 is 34.6 Å². The summed E-state index contributed by atoms with van der Waals surface area (Å²) in [5, 5.41) is 0.561. The van der Waals surface area contributed by atoms with Gasteiger partial charge in [0.2, 0.25) is 0 Å². The van der Waals surface area contributed by atoms with Gasteiger partial charge in [-0.15, -0.1) is 0 Å². The molecule has 46 heavy (non-hydrogen) atoms. The molecule has 7 nitrogen and oxygen atoms in total. The van der Waals surface area contributed by atoms with E-state index in [1.54, 1.807) is 13.2 Å². The zero-order valence-electron chi connectivity index (χ0n) is 28.0. The zero-order valence-corrected chi connectivity index (χ0v) is 29.6. The van der Waals surface area contributed by atoms with Crippen LogP contribution in [0.15, 0.2) is 48.6 Å². The molecule has 5 rings (SSSR count). The number of fused-ring (bicyclic) bond motifs is 2. The van der Waals surface area contributed by atoms with Crippen LogP contribution < -0.4 is 14.4 Å². The van der Waals surface area contributed by atoms with Crippen molar-refractivity contribution in [3.05, 3.63) is 70.3 Å². The third kappa shape index (κ3) is 8.24. The van der Waals surface area contributed by atoms with Crippen LogP contribution in [0, 0.1) is 23.7 Å². The topological polar surface area (TPSA) is 83.1 Å². The maximum atomic E-state index is 13.6. The van der Waals surface area contributed by atoms with E-state index in [9.17, 15) is 9.35 Å². The highest BCUT2D eigenvalue weighted by molar-refractivity contribution is 7.90. The number of halogens is 1. The van der Waals surface area contributed by atoms with Crippen molar-refractivity contribution in [2.75, 3.05) is 44.9 Å². The minimum Gasteiger partial charge on any atom is -0.593 e. The number of nitrogens with one attached hydrogen (secondary N) is 1. The first kappa shape index (κ1) is 35.1. The maximum Gasteiger partial charge on any atom is 0.292 e. The smallest absolute Gasteiger partial charge is 0.292 e. The van der Waals surface area contributed by atoms with E-state index in [1.807, 2.05) is 18.2 Å². The number of nitrogens with zero attached hydrogens (tertiary/aromatic N) is 1. The van der Waals surface area contributed by atoms with Crippen LogP contribution in [0.25, 0.3) is 0 Å². The molecule has 1 aliphatic carbocycles. The standard InChI is InChI=1S/C37H51ClN2O5S/c1-6-8-26-19-30(38)13-15-31(26)29-22-40-21-28-11-14-32(28)34(44-18-17-43-5)10-7-9-25(4)36(24(2)3)46(42)39-37(41)27-12-16-35(45-23-29)33(40)20-27/h7,10,12-13,15-16,19-20,24-25,28-29,32,34,36H,6,8-9,11,14,17-18,21-23H2,1-5H3,(H,39,41)/b10-7+/t25-,28?,29?,32?,34?,36?,46?/m0/s1. The first-order chi connectivity index (χ1) is 22.2. The molecule has 0 saturated heterocycles. The summed E-state index contributed by atoms with van der Waals surface area (Å²) in [4.78, 5) is 16.0. The van der Waals surface area contributed by atoms with Crippen molar-refractivity contribution in [1.82, 2.24) is 4.72 Å². The number of carbonyl (C=O) groups excluding carboxylic acids is 1. The predicted octanol–water partition coefficient (Wildman–Crippen LogP) is 7.35. The Balaban J connectivity index is 1.53. The number of anilines is 1. The van der Waals surface area contributed by atoms with Gasteiger partial charge in [0.25, 0.3) is 5.91 Å². The number of ether oxygens (including phenoxy) is 3. The van der Waals surface area contributed by atoms with E-state index in [2.05, 4.69) is 61.6 Å². The Kier molecular flexibility index (Phi) is 12.4. The van der Waals surface area contributed by atoms with Crippen LogP contribution in [0.3, 0.4) is 0 Å². The van der Waals surface area contributed by atoms with Crippen molar-refractivity contribution in [3.63, 3.8) is 0 Å². The molecular formula is C37H51ClN2O5S. The zero-order chi connectivity index (χ0) is 32.8. The summed E-state index contributed by atoms with van der Waals surface area (Å²) < 4.78 is 34.8. The molecule has 0 spiro atoms. The molecule has 1 fully saturated rings. The molecule has 2 aromatic rings. The lowest BCUT2D eigenvalue weighted by molar-refractivity contribution is -0.0308. The number of rotatable bonds is 8. The molecule has 2 aliphatic heterocycles. The van der Waals surface area contributed by atoms with E-state index < -0.39 is 11.4 Å². The van der Waals surface area contributed by atoms with Gasteiger partial charge in [-0.3, -0.25) is 4.79 Å². The van der Waals surface area contributed by atoms with E-state index in [-0.39, 0.29) is 35.0 Å². The van der Waals surface area contributed by atoms with Gasteiger partial charge >= 0.3 is 0 Å². The number of benzene rings is 2. The van der Waals surface area contributed by atoms with E-state index in [0.717, 1.165) is 61.7 Å². The second kappa shape index (κ2) is 16.2. The van der Waals surface area contributed by atoms with Gasteiger partial charge in [-0.05, 0) is 79.0 Å². The van der Waals surface area contributed by atoms with Crippen LogP contribution in [0.2, 0.25) is 5.02 Å². The van der Waals surface area contributed by atoms with Crippen molar-refractivity contribution in [1.29, 1.82) is 0 Å². The highest BCUT2D eigenvalue weighted by Gasteiger charge is 2.40. The lowest BCUT2D eigenvalue weighted by atomic mass is 9.70. The molecule has 2 aromatic carbocycles. The predicted molar refractivity (Wildman–Crippen MR) is 187 cm³/mol. The number of methoxy groups -OCH3 is 1. The Morgan fingerprint density at radius 3 is 2.70 bits per heavy atom. The van der Waals surface area contributed by atoms with Crippen LogP contribution in [-0.2, 0) is 27.3 Å². The Hall–Kier alpha value is -2.23. The van der Waals surface area contributed by atoms with Crippen molar-refractivity contribution in [2.45, 2.75) is 77.1 Å². The fraction of sp³-hybridized carbons (Fsp3) is 0.595. The minimum absolute atomic E-state index is 0.0195. The third-order valence-corrected chi connectivity index (χ3v) is 12.1. The number of allylic oxidation sites excluding steroid dienone is 1. The summed E-state index contributed by atoms with van der Waals surface area (Å²) in [7, 11) is 1.70. The second-order valence-corrected chi connectivity index (χ2v) is 15.4. The number of hydrogen-bond donors (Lipinski definition) is 1. The third-order valence-electron chi connectivity index (χ3n) is 9.95. The summed E-state index contributed by atoms with van der Waals surface area (Å²) in [5.41, 5.74) is 3.93. The largest absolute Gasteiger partial charge is 0.593 e. The molecule has 252 valence electrons. The van der Waals surface area contributed by atoms with Gasteiger partial charge < -0.3 is 23.7 Å². The monoisotopic (exact) mass is 670 g/mol. The van der Waals surface area contributed by atoms with Gasteiger partial charge in [0, 0.05) is 48.5 Å². The van der Waals surface area contributed by atoms with Crippen LogP contribution in [0.5, 0.6) is 5.75 Å². The molecule has 6 unspecified atom stereocenters. The van der Waals surface area contributed by atoms with Crippen molar-refractivity contribution in [2.24, 2.45) is 23.7 Å². The molecule has 2 heterocycles. The Morgan fingerprint density at radius 1 is 1.15 bits per heavy atom. The van der Waals surface area contributed by atoms with Crippen LogP contribution in [0.4, 0.5) is 5.69 Å². The van der Waals surface area contributed by atoms with E-state index in [1.165, 1.54) is 11.1 Å².